The summed E-state index contributed by atoms with van der Waals surface area (Å²) in [5.41, 5.74) is 1.71. The lowest BCUT2D eigenvalue weighted by Gasteiger charge is -2.16. The molecule has 0 saturated heterocycles. The summed E-state index contributed by atoms with van der Waals surface area (Å²) in [5, 5.41) is 8.84. The summed E-state index contributed by atoms with van der Waals surface area (Å²) >= 11 is 0. The number of amides is 1. The molecule has 1 amide bonds. The fourth-order valence-corrected chi connectivity index (χ4v) is 1.21. The van der Waals surface area contributed by atoms with Crippen molar-refractivity contribution in [1.82, 2.24) is 0 Å². The van der Waals surface area contributed by atoms with Crippen molar-refractivity contribution in [2.24, 2.45) is 0 Å². The summed E-state index contributed by atoms with van der Waals surface area (Å²) in [6, 6.07) is 7.29. The second-order valence-corrected chi connectivity index (χ2v) is 3.13. The number of benzene rings is 1. The van der Waals surface area contributed by atoms with Gasteiger partial charge in [0.25, 0.3) is 0 Å². The highest BCUT2D eigenvalue weighted by Crippen LogP contribution is 2.14. The Kier molecular flexibility index (Phi) is 3.65. The number of anilines is 1. The van der Waals surface area contributed by atoms with Crippen molar-refractivity contribution in [3.63, 3.8) is 0 Å². The molecule has 0 bridgehead atoms. The molecule has 1 N–H and O–H groups in total. The van der Waals surface area contributed by atoms with Gasteiger partial charge < -0.3 is 10.0 Å². The van der Waals surface area contributed by atoms with Crippen LogP contribution in [-0.4, -0.2) is 18.1 Å². The molecule has 1 aromatic carbocycles. The van der Waals surface area contributed by atoms with E-state index in [-0.39, 0.29) is 12.5 Å². The third-order valence-corrected chi connectivity index (χ3v) is 2.18. The highest BCUT2D eigenvalue weighted by molar-refractivity contribution is 5.92. The van der Waals surface area contributed by atoms with Gasteiger partial charge in [-0.2, -0.15) is 0 Å². The molecule has 3 heteroatoms. The number of carbonyl (C=O) groups excluding carboxylic acids is 1. The van der Waals surface area contributed by atoms with Gasteiger partial charge in [0, 0.05) is 19.2 Å². The largest absolute Gasteiger partial charge is 0.392 e. The van der Waals surface area contributed by atoms with Crippen LogP contribution in [0.4, 0.5) is 5.69 Å². The summed E-state index contributed by atoms with van der Waals surface area (Å²) in [6.07, 6.45) is 0.498. The molecule has 0 fully saturated rings. The van der Waals surface area contributed by atoms with Gasteiger partial charge in [0.2, 0.25) is 5.91 Å². The Morgan fingerprint density at radius 2 is 1.93 bits per heavy atom. The van der Waals surface area contributed by atoms with E-state index in [1.54, 1.807) is 11.9 Å². The number of nitrogens with zero attached hydrogens (tertiary/aromatic N) is 1. The molecular weight excluding hydrogens is 178 g/mol. The van der Waals surface area contributed by atoms with Crippen LogP contribution in [0.25, 0.3) is 0 Å². The second-order valence-electron chi connectivity index (χ2n) is 3.13. The lowest BCUT2D eigenvalue weighted by molar-refractivity contribution is -0.118. The summed E-state index contributed by atoms with van der Waals surface area (Å²) in [5.74, 6) is 0.0850. The summed E-state index contributed by atoms with van der Waals surface area (Å²) < 4.78 is 0. The fourth-order valence-electron chi connectivity index (χ4n) is 1.21. The molecular formula is C11H15NO2. The Balaban J connectivity index is 2.81. The molecule has 0 radical (unpaired) electrons. The van der Waals surface area contributed by atoms with Gasteiger partial charge in [-0.3, -0.25) is 4.79 Å². The quantitative estimate of drug-likeness (QED) is 0.791. The van der Waals surface area contributed by atoms with Crippen LogP contribution in [0.2, 0.25) is 0 Å². The highest BCUT2D eigenvalue weighted by Gasteiger charge is 2.07. The monoisotopic (exact) mass is 193 g/mol. The van der Waals surface area contributed by atoms with Crippen molar-refractivity contribution in [3.05, 3.63) is 29.8 Å². The highest BCUT2D eigenvalue weighted by atomic mass is 16.3. The van der Waals surface area contributed by atoms with E-state index in [0.29, 0.717) is 6.42 Å². The second kappa shape index (κ2) is 4.77. The molecule has 1 rings (SSSR count). The van der Waals surface area contributed by atoms with E-state index in [4.69, 9.17) is 5.11 Å². The standard InChI is InChI=1S/C11H15NO2/c1-3-11(14)12(2)10-6-4-9(8-13)5-7-10/h4-7,13H,3,8H2,1-2H3. The third-order valence-electron chi connectivity index (χ3n) is 2.18. The summed E-state index contributed by atoms with van der Waals surface area (Å²) in [6.45, 7) is 1.87. The van der Waals surface area contributed by atoms with Crippen LogP contribution in [0.5, 0.6) is 0 Å². The Morgan fingerprint density at radius 1 is 1.36 bits per heavy atom. The van der Waals surface area contributed by atoms with Gasteiger partial charge in [0.05, 0.1) is 6.61 Å². The van der Waals surface area contributed by atoms with E-state index in [1.165, 1.54) is 0 Å². The molecule has 3 nitrogen and oxygen atoms in total. The Morgan fingerprint density at radius 3 is 2.36 bits per heavy atom. The molecule has 0 atom stereocenters. The average molecular weight is 193 g/mol. The lowest BCUT2D eigenvalue weighted by Crippen LogP contribution is -2.24. The maximum atomic E-state index is 11.3. The number of hydrogen-bond donors (Lipinski definition) is 1. The van der Waals surface area contributed by atoms with Crippen molar-refractivity contribution in [2.45, 2.75) is 20.0 Å². The molecule has 0 aromatic heterocycles. The molecule has 1 aromatic rings. The maximum Gasteiger partial charge on any atom is 0.226 e. The van der Waals surface area contributed by atoms with E-state index in [9.17, 15) is 4.79 Å². The Hall–Kier alpha value is -1.35. The maximum absolute atomic E-state index is 11.3. The van der Waals surface area contributed by atoms with Crippen molar-refractivity contribution in [3.8, 4) is 0 Å². The van der Waals surface area contributed by atoms with E-state index in [2.05, 4.69) is 0 Å². The number of carbonyl (C=O) groups is 1. The Labute approximate surface area is 84.0 Å². The lowest BCUT2D eigenvalue weighted by atomic mass is 10.2. The molecule has 0 spiro atoms. The SMILES string of the molecule is CCC(=O)N(C)c1ccc(CO)cc1. The Bertz CT molecular complexity index is 306. The van der Waals surface area contributed by atoms with Gasteiger partial charge in [-0.1, -0.05) is 19.1 Å². The molecule has 0 heterocycles. The first kappa shape index (κ1) is 10.7. The zero-order chi connectivity index (χ0) is 10.6. The van der Waals surface area contributed by atoms with Crippen molar-refractivity contribution >= 4 is 11.6 Å². The minimum Gasteiger partial charge on any atom is -0.392 e. The van der Waals surface area contributed by atoms with E-state index < -0.39 is 0 Å². The van der Waals surface area contributed by atoms with Crippen LogP contribution in [0.3, 0.4) is 0 Å². The van der Waals surface area contributed by atoms with E-state index >= 15 is 0 Å². The van der Waals surface area contributed by atoms with Gasteiger partial charge in [-0.15, -0.1) is 0 Å². The normalized spacial score (nSPS) is 9.93. The smallest absolute Gasteiger partial charge is 0.226 e. The van der Waals surface area contributed by atoms with Gasteiger partial charge in [-0.25, -0.2) is 0 Å². The number of aliphatic hydroxyl groups is 1. The number of rotatable bonds is 3. The topological polar surface area (TPSA) is 40.5 Å². The minimum atomic E-state index is 0.0335. The first-order chi connectivity index (χ1) is 6.69. The number of aliphatic hydroxyl groups excluding tert-OH is 1. The van der Waals surface area contributed by atoms with E-state index in [1.807, 2.05) is 31.2 Å². The van der Waals surface area contributed by atoms with Crippen molar-refractivity contribution in [1.29, 1.82) is 0 Å². The first-order valence-electron chi connectivity index (χ1n) is 4.65. The zero-order valence-corrected chi connectivity index (χ0v) is 8.53. The van der Waals surface area contributed by atoms with Gasteiger partial charge in [0.1, 0.15) is 0 Å². The summed E-state index contributed by atoms with van der Waals surface area (Å²) in [4.78, 5) is 13.0. The van der Waals surface area contributed by atoms with Gasteiger partial charge in [-0.05, 0) is 17.7 Å². The van der Waals surface area contributed by atoms with E-state index in [0.717, 1.165) is 11.3 Å². The molecule has 0 aliphatic carbocycles. The van der Waals surface area contributed by atoms with Crippen LogP contribution >= 0.6 is 0 Å². The minimum absolute atomic E-state index is 0.0335. The van der Waals surface area contributed by atoms with Gasteiger partial charge in [0.15, 0.2) is 0 Å². The fraction of sp³-hybridized carbons (Fsp3) is 0.364. The van der Waals surface area contributed by atoms with Crippen LogP contribution in [0.1, 0.15) is 18.9 Å². The predicted octanol–water partition coefficient (Wildman–Crippen LogP) is 1.55. The molecule has 0 aliphatic heterocycles. The van der Waals surface area contributed by atoms with Crippen LogP contribution in [0.15, 0.2) is 24.3 Å². The average Bonchev–Trinajstić information content (AvgIpc) is 2.27. The van der Waals surface area contributed by atoms with Crippen LogP contribution < -0.4 is 4.90 Å². The van der Waals surface area contributed by atoms with Crippen LogP contribution in [-0.2, 0) is 11.4 Å². The van der Waals surface area contributed by atoms with Crippen molar-refractivity contribution < 1.29 is 9.90 Å². The van der Waals surface area contributed by atoms with Gasteiger partial charge >= 0.3 is 0 Å². The molecule has 0 aliphatic rings. The predicted molar refractivity (Wildman–Crippen MR) is 56.1 cm³/mol. The summed E-state index contributed by atoms with van der Waals surface area (Å²) in [7, 11) is 1.75. The van der Waals surface area contributed by atoms with Crippen molar-refractivity contribution in [2.75, 3.05) is 11.9 Å². The molecule has 76 valence electrons. The first-order valence-corrected chi connectivity index (χ1v) is 4.65. The molecule has 14 heavy (non-hydrogen) atoms. The molecule has 0 unspecified atom stereocenters. The third kappa shape index (κ3) is 2.33. The molecule has 0 saturated carbocycles. The van der Waals surface area contributed by atoms with Crippen LogP contribution in [0, 0.1) is 0 Å². The number of hydrogen-bond acceptors (Lipinski definition) is 2. The zero-order valence-electron chi connectivity index (χ0n) is 8.53.